The molecule has 200 valence electrons. The molecule has 1 aromatic carbocycles. The molecular formula is C29H28F2N6O2. The van der Waals surface area contributed by atoms with E-state index in [0.29, 0.717) is 41.6 Å². The zero-order chi connectivity index (χ0) is 26.9. The number of rotatable bonds is 6. The monoisotopic (exact) mass is 530 g/mol. The first-order valence-corrected chi connectivity index (χ1v) is 13.2. The number of nitrogens with one attached hydrogen (secondary N) is 1. The van der Waals surface area contributed by atoms with Crippen LogP contribution in [0, 0.1) is 12.3 Å². The van der Waals surface area contributed by atoms with E-state index in [1.54, 1.807) is 16.9 Å². The van der Waals surface area contributed by atoms with Crippen LogP contribution in [0.2, 0.25) is 0 Å². The minimum absolute atomic E-state index is 0.116. The summed E-state index contributed by atoms with van der Waals surface area (Å²) < 4.78 is 27.8. The number of nitrogens with zero attached hydrogens (tertiary/aromatic N) is 5. The Bertz CT molecular complexity index is 1580. The molecule has 2 saturated carbocycles. The quantitative estimate of drug-likeness (QED) is 0.371. The largest absolute Gasteiger partial charge is 0.384 e. The average molecular weight is 531 g/mol. The highest BCUT2D eigenvalue weighted by Gasteiger charge is 2.63. The molecule has 1 aliphatic heterocycles. The molecule has 39 heavy (non-hydrogen) atoms. The summed E-state index contributed by atoms with van der Waals surface area (Å²) in [6.45, 7) is 3.13. The number of fused-ring (bicyclic) bond motifs is 1. The van der Waals surface area contributed by atoms with Crippen molar-refractivity contribution in [1.82, 2.24) is 19.6 Å². The third-order valence-electron chi connectivity index (χ3n) is 8.40. The van der Waals surface area contributed by atoms with Crippen LogP contribution < -0.4 is 10.2 Å². The predicted molar refractivity (Wildman–Crippen MR) is 142 cm³/mol. The molecule has 0 atom stereocenters. The van der Waals surface area contributed by atoms with Gasteiger partial charge in [-0.15, -0.1) is 0 Å². The lowest BCUT2D eigenvalue weighted by Crippen LogP contribution is -2.70. The van der Waals surface area contributed by atoms with E-state index in [9.17, 15) is 18.7 Å². The summed E-state index contributed by atoms with van der Waals surface area (Å²) in [5.74, 6) is 0.916. The molecule has 1 spiro atoms. The number of amides is 1. The van der Waals surface area contributed by atoms with Crippen molar-refractivity contribution in [3.8, 4) is 11.4 Å². The lowest BCUT2D eigenvalue weighted by molar-refractivity contribution is -0.209. The molecule has 2 aliphatic carbocycles. The Morgan fingerprint density at radius 2 is 1.85 bits per heavy atom. The number of benzene rings is 1. The Kier molecular flexibility index (Phi) is 5.29. The number of aliphatic hydroxyl groups is 1. The number of aryl methyl sites for hydroxylation is 1. The van der Waals surface area contributed by atoms with E-state index in [4.69, 9.17) is 0 Å². The van der Waals surface area contributed by atoms with Crippen LogP contribution in [0.25, 0.3) is 16.9 Å². The van der Waals surface area contributed by atoms with Crippen LogP contribution in [0.5, 0.6) is 0 Å². The second kappa shape index (κ2) is 8.54. The highest BCUT2D eigenvalue weighted by molar-refractivity contribution is 6.09. The van der Waals surface area contributed by atoms with Crippen LogP contribution in [-0.2, 0) is 0 Å². The zero-order valence-corrected chi connectivity index (χ0v) is 21.4. The number of alkyl halides is 2. The van der Waals surface area contributed by atoms with Gasteiger partial charge in [0.1, 0.15) is 5.60 Å². The van der Waals surface area contributed by atoms with Gasteiger partial charge in [0.15, 0.2) is 5.82 Å². The Balaban J connectivity index is 1.08. The van der Waals surface area contributed by atoms with Crippen molar-refractivity contribution >= 4 is 22.8 Å². The molecule has 7 rings (SSSR count). The van der Waals surface area contributed by atoms with Crippen LogP contribution in [0.1, 0.15) is 53.1 Å². The molecule has 4 heterocycles. The molecule has 0 radical (unpaired) electrons. The second-order valence-corrected chi connectivity index (χ2v) is 11.5. The van der Waals surface area contributed by atoms with Gasteiger partial charge in [0.05, 0.1) is 17.3 Å². The van der Waals surface area contributed by atoms with Crippen molar-refractivity contribution in [2.75, 3.05) is 23.3 Å². The topological polar surface area (TPSA) is 95.7 Å². The van der Waals surface area contributed by atoms with Gasteiger partial charge in [-0.3, -0.25) is 4.79 Å². The van der Waals surface area contributed by atoms with Crippen molar-refractivity contribution in [2.24, 2.45) is 5.41 Å². The van der Waals surface area contributed by atoms with Crippen molar-refractivity contribution in [3.63, 3.8) is 0 Å². The van der Waals surface area contributed by atoms with Crippen LogP contribution in [-0.4, -0.2) is 55.7 Å². The summed E-state index contributed by atoms with van der Waals surface area (Å²) in [5, 5.41) is 17.3. The molecule has 4 aromatic rings. The SMILES string of the molecule is Cc1ccc(-c2ncc(C3CC3)cn2)cc1NC(=O)c1cnn2ccc(N3CC4(C3)CC(O)(C(F)F)C4)cc12. The van der Waals surface area contributed by atoms with E-state index in [1.165, 1.54) is 18.4 Å². The fraction of sp³-hybridized carbons (Fsp3) is 0.379. The maximum atomic E-state index is 13.4. The average Bonchev–Trinajstić information content (AvgIpc) is 3.65. The van der Waals surface area contributed by atoms with Crippen molar-refractivity contribution in [2.45, 2.75) is 50.6 Å². The standard InChI is InChI=1S/C29H28F2N6O2/c1-17-2-3-19(25-32-10-20(11-33-25)18-4-5-18)8-23(17)35-26(38)22-12-34-37-7-6-21(9-24(22)37)36-15-28(16-36)13-29(39,14-28)27(30)31/h2-3,6-12,18,27,39H,4-5,13-16H2,1H3,(H,35,38). The summed E-state index contributed by atoms with van der Waals surface area (Å²) >= 11 is 0. The van der Waals surface area contributed by atoms with Gasteiger partial charge in [-0.25, -0.2) is 23.3 Å². The van der Waals surface area contributed by atoms with Gasteiger partial charge in [-0.1, -0.05) is 12.1 Å². The molecule has 0 unspecified atom stereocenters. The number of hydrogen-bond acceptors (Lipinski definition) is 6. The Hall–Kier alpha value is -3.92. The third kappa shape index (κ3) is 4.14. The molecule has 8 nitrogen and oxygen atoms in total. The van der Waals surface area contributed by atoms with E-state index < -0.39 is 12.0 Å². The van der Waals surface area contributed by atoms with E-state index in [-0.39, 0.29) is 24.2 Å². The normalized spacial score (nSPS) is 19.3. The van der Waals surface area contributed by atoms with Gasteiger partial charge >= 0.3 is 0 Å². The summed E-state index contributed by atoms with van der Waals surface area (Å²) in [5.41, 5.74) is 3.42. The van der Waals surface area contributed by atoms with E-state index in [1.807, 2.05) is 49.6 Å². The number of aromatic nitrogens is 4. The van der Waals surface area contributed by atoms with Crippen molar-refractivity contribution in [1.29, 1.82) is 0 Å². The van der Waals surface area contributed by atoms with Gasteiger partial charge in [0.2, 0.25) is 0 Å². The highest BCUT2D eigenvalue weighted by atomic mass is 19.3. The molecule has 0 bridgehead atoms. The predicted octanol–water partition coefficient (Wildman–Crippen LogP) is 4.83. The van der Waals surface area contributed by atoms with Crippen molar-refractivity contribution < 1.29 is 18.7 Å². The minimum Gasteiger partial charge on any atom is -0.384 e. The van der Waals surface area contributed by atoms with Gasteiger partial charge in [-0.05, 0) is 67.9 Å². The lowest BCUT2D eigenvalue weighted by atomic mass is 9.55. The van der Waals surface area contributed by atoms with Gasteiger partial charge in [0.25, 0.3) is 12.3 Å². The fourth-order valence-electron chi connectivity index (χ4n) is 6.11. The number of anilines is 2. The second-order valence-electron chi connectivity index (χ2n) is 11.5. The highest BCUT2D eigenvalue weighted by Crippen LogP contribution is 2.56. The van der Waals surface area contributed by atoms with E-state index >= 15 is 0 Å². The van der Waals surface area contributed by atoms with E-state index in [0.717, 1.165) is 16.8 Å². The molecule has 3 aromatic heterocycles. The fourth-order valence-corrected chi connectivity index (χ4v) is 6.11. The number of carbonyl (C=O) groups is 1. The first-order chi connectivity index (χ1) is 18.7. The molecule has 3 fully saturated rings. The number of carbonyl (C=O) groups excluding carboxylic acids is 1. The summed E-state index contributed by atoms with van der Waals surface area (Å²) in [4.78, 5) is 24.5. The third-order valence-corrected chi connectivity index (χ3v) is 8.40. The van der Waals surface area contributed by atoms with E-state index in [2.05, 4.69) is 25.3 Å². The first kappa shape index (κ1) is 24.1. The zero-order valence-electron chi connectivity index (χ0n) is 21.4. The Labute approximate surface area is 223 Å². The van der Waals surface area contributed by atoms with Crippen LogP contribution in [0.15, 0.2) is 55.1 Å². The Morgan fingerprint density at radius 3 is 2.54 bits per heavy atom. The van der Waals surface area contributed by atoms with Gasteiger partial charge in [0, 0.05) is 54.0 Å². The molecule has 3 aliphatic rings. The minimum atomic E-state index is -2.72. The maximum Gasteiger partial charge on any atom is 0.266 e. The molecule has 1 amide bonds. The van der Waals surface area contributed by atoms with Crippen molar-refractivity contribution in [3.05, 3.63) is 71.8 Å². The summed E-state index contributed by atoms with van der Waals surface area (Å²) in [7, 11) is 0. The molecule has 10 heteroatoms. The summed E-state index contributed by atoms with van der Waals surface area (Å²) in [6.07, 6.45) is 7.01. The lowest BCUT2D eigenvalue weighted by Gasteiger charge is -2.62. The van der Waals surface area contributed by atoms with Gasteiger partial charge < -0.3 is 15.3 Å². The maximum absolute atomic E-state index is 13.4. The smallest absolute Gasteiger partial charge is 0.266 e. The molecule has 1 saturated heterocycles. The van der Waals surface area contributed by atoms with Crippen LogP contribution in [0.4, 0.5) is 20.2 Å². The van der Waals surface area contributed by atoms with Crippen LogP contribution >= 0.6 is 0 Å². The molecule has 2 N–H and O–H groups in total. The number of hydrogen-bond donors (Lipinski definition) is 2. The Morgan fingerprint density at radius 1 is 1.10 bits per heavy atom. The number of pyridine rings is 1. The van der Waals surface area contributed by atoms with Gasteiger partial charge in [-0.2, -0.15) is 5.10 Å². The molecular weight excluding hydrogens is 502 g/mol. The van der Waals surface area contributed by atoms with Crippen LogP contribution in [0.3, 0.4) is 0 Å². The number of halogens is 2. The summed E-state index contributed by atoms with van der Waals surface area (Å²) in [6, 6.07) is 9.56. The first-order valence-electron chi connectivity index (χ1n) is 13.2.